The van der Waals surface area contributed by atoms with Crippen LogP contribution in [0.15, 0.2) is 16.5 Å². The lowest BCUT2D eigenvalue weighted by atomic mass is 9.94. The number of carbonyl (C=O) groups is 1. The third-order valence-corrected chi connectivity index (χ3v) is 5.61. The number of amides is 1. The normalized spacial score (nSPS) is 28.4. The summed E-state index contributed by atoms with van der Waals surface area (Å²) in [5.74, 6) is 3.55. The van der Waals surface area contributed by atoms with Gasteiger partial charge >= 0.3 is 0 Å². The van der Waals surface area contributed by atoms with Crippen LogP contribution in [0.5, 0.6) is 0 Å². The van der Waals surface area contributed by atoms with Crippen molar-refractivity contribution in [3.63, 3.8) is 0 Å². The Bertz CT molecular complexity index is 563. The van der Waals surface area contributed by atoms with Gasteiger partial charge in [0.05, 0.1) is 12.5 Å². The number of rotatable bonds is 6. The number of fused-ring (bicyclic) bond motifs is 4. The van der Waals surface area contributed by atoms with Gasteiger partial charge in [0.2, 0.25) is 5.91 Å². The standard InChI is InChI=1S/C19H28N2O2/c1-2-3-17-8-9-18(23-17)13-20-11-15-6-7-16(12-20)21(19(15)22)10-14-4-5-14/h8-9,14-16H,2-7,10-13H2,1H3/t15-,16+/m0/s1. The first-order chi connectivity index (χ1) is 11.2. The van der Waals surface area contributed by atoms with Crippen LogP contribution >= 0.6 is 0 Å². The van der Waals surface area contributed by atoms with Crippen LogP contribution in [-0.2, 0) is 17.8 Å². The molecule has 3 aliphatic heterocycles. The van der Waals surface area contributed by atoms with Crippen molar-refractivity contribution in [1.82, 2.24) is 9.80 Å². The molecule has 4 aliphatic rings. The summed E-state index contributed by atoms with van der Waals surface area (Å²) in [6.07, 6.45) is 7.01. The maximum atomic E-state index is 12.7. The van der Waals surface area contributed by atoms with Crippen LogP contribution in [-0.4, -0.2) is 41.4 Å². The lowest BCUT2D eigenvalue weighted by Crippen LogP contribution is -2.48. The second-order valence-corrected chi connectivity index (χ2v) is 7.67. The number of furan rings is 1. The minimum Gasteiger partial charge on any atom is -0.465 e. The van der Waals surface area contributed by atoms with Crippen molar-refractivity contribution in [3.05, 3.63) is 23.7 Å². The molecule has 1 aromatic heterocycles. The van der Waals surface area contributed by atoms with E-state index in [0.717, 1.165) is 62.9 Å². The van der Waals surface area contributed by atoms with Crippen LogP contribution in [0.4, 0.5) is 0 Å². The number of nitrogens with zero attached hydrogens (tertiary/aromatic N) is 2. The number of aryl methyl sites for hydroxylation is 1. The molecule has 0 unspecified atom stereocenters. The Hall–Kier alpha value is -1.29. The van der Waals surface area contributed by atoms with E-state index in [2.05, 4.69) is 28.9 Å². The molecule has 0 aromatic carbocycles. The fraction of sp³-hybridized carbons (Fsp3) is 0.737. The largest absolute Gasteiger partial charge is 0.465 e. The van der Waals surface area contributed by atoms with E-state index in [-0.39, 0.29) is 5.92 Å². The first-order valence-corrected chi connectivity index (χ1v) is 9.33. The average molecular weight is 316 g/mol. The Morgan fingerprint density at radius 3 is 2.74 bits per heavy atom. The van der Waals surface area contributed by atoms with Gasteiger partial charge in [-0.3, -0.25) is 9.69 Å². The highest BCUT2D eigenvalue weighted by Crippen LogP contribution is 2.35. The molecule has 4 heterocycles. The predicted octanol–water partition coefficient (Wildman–Crippen LogP) is 3.06. The van der Waals surface area contributed by atoms with Gasteiger partial charge in [-0.2, -0.15) is 0 Å². The summed E-state index contributed by atoms with van der Waals surface area (Å²) in [7, 11) is 0. The summed E-state index contributed by atoms with van der Waals surface area (Å²) >= 11 is 0. The topological polar surface area (TPSA) is 36.7 Å². The van der Waals surface area contributed by atoms with E-state index < -0.39 is 0 Å². The van der Waals surface area contributed by atoms with Crippen molar-refractivity contribution in [2.45, 2.75) is 58.0 Å². The molecule has 1 aliphatic carbocycles. The molecule has 1 saturated carbocycles. The van der Waals surface area contributed by atoms with E-state index in [1.807, 2.05) is 0 Å². The quantitative estimate of drug-likeness (QED) is 0.809. The van der Waals surface area contributed by atoms with Gasteiger partial charge in [0.25, 0.3) is 0 Å². The molecule has 2 bridgehead atoms. The van der Waals surface area contributed by atoms with E-state index >= 15 is 0 Å². The number of hydrogen-bond donors (Lipinski definition) is 0. The van der Waals surface area contributed by atoms with Gasteiger partial charge in [0, 0.05) is 32.1 Å². The van der Waals surface area contributed by atoms with E-state index in [1.54, 1.807) is 0 Å². The Balaban J connectivity index is 1.43. The maximum Gasteiger partial charge on any atom is 0.227 e. The molecular weight excluding hydrogens is 288 g/mol. The van der Waals surface area contributed by atoms with Crippen LogP contribution in [0.1, 0.15) is 50.5 Å². The molecule has 23 heavy (non-hydrogen) atoms. The smallest absolute Gasteiger partial charge is 0.227 e. The van der Waals surface area contributed by atoms with Crippen LogP contribution < -0.4 is 0 Å². The third kappa shape index (κ3) is 3.32. The van der Waals surface area contributed by atoms with Gasteiger partial charge in [0.1, 0.15) is 11.5 Å². The monoisotopic (exact) mass is 316 g/mol. The molecule has 1 aromatic rings. The molecule has 4 heteroatoms. The Morgan fingerprint density at radius 2 is 1.96 bits per heavy atom. The second-order valence-electron chi connectivity index (χ2n) is 7.67. The number of carbonyl (C=O) groups excluding carboxylic acids is 1. The Labute approximate surface area is 138 Å². The second kappa shape index (κ2) is 6.31. The molecule has 3 saturated heterocycles. The van der Waals surface area contributed by atoms with Crippen LogP contribution in [0, 0.1) is 11.8 Å². The number of hydrogen-bond acceptors (Lipinski definition) is 3. The van der Waals surface area contributed by atoms with Crippen molar-refractivity contribution in [3.8, 4) is 0 Å². The van der Waals surface area contributed by atoms with Gasteiger partial charge in [-0.1, -0.05) is 6.92 Å². The van der Waals surface area contributed by atoms with Crippen LogP contribution in [0.3, 0.4) is 0 Å². The first-order valence-electron chi connectivity index (χ1n) is 9.33. The zero-order valence-electron chi connectivity index (χ0n) is 14.2. The Morgan fingerprint density at radius 1 is 1.13 bits per heavy atom. The minimum absolute atomic E-state index is 0.206. The van der Waals surface area contributed by atoms with Crippen LogP contribution in [0.25, 0.3) is 0 Å². The highest BCUT2D eigenvalue weighted by atomic mass is 16.3. The summed E-state index contributed by atoms with van der Waals surface area (Å²) in [5.41, 5.74) is 0. The van der Waals surface area contributed by atoms with E-state index in [4.69, 9.17) is 4.42 Å². The van der Waals surface area contributed by atoms with Gasteiger partial charge in [-0.05, 0) is 50.2 Å². The predicted molar refractivity (Wildman–Crippen MR) is 88.9 cm³/mol. The lowest BCUT2D eigenvalue weighted by Gasteiger charge is -2.36. The molecule has 4 nitrogen and oxygen atoms in total. The number of piperidine rings is 1. The highest BCUT2D eigenvalue weighted by Gasteiger charge is 2.42. The summed E-state index contributed by atoms with van der Waals surface area (Å²) in [4.78, 5) is 17.4. The first kappa shape index (κ1) is 15.3. The summed E-state index contributed by atoms with van der Waals surface area (Å²) in [6, 6.07) is 4.64. The highest BCUT2D eigenvalue weighted by molar-refractivity contribution is 5.80. The minimum atomic E-state index is 0.206. The van der Waals surface area contributed by atoms with Crippen molar-refractivity contribution < 1.29 is 9.21 Å². The summed E-state index contributed by atoms with van der Waals surface area (Å²) < 4.78 is 5.95. The fourth-order valence-electron chi connectivity index (χ4n) is 4.19. The Kier molecular flexibility index (Phi) is 4.18. The van der Waals surface area contributed by atoms with E-state index in [0.29, 0.717) is 11.9 Å². The van der Waals surface area contributed by atoms with Crippen molar-refractivity contribution in [2.24, 2.45) is 11.8 Å². The van der Waals surface area contributed by atoms with Gasteiger partial charge in [-0.15, -0.1) is 0 Å². The molecule has 0 radical (unpaired) electrons. The molecule has 0 N–H and O–H groups in total. The fourth-order valence-corrected chi connectivity index (χ4v) is 4.19. The summed E-state index contributed by atoms with van der Waals surface area (Å²) in [5, 5.41) is 0. The zero-order chi connectivity index (χ0) is 15.8. The molecular formula is C19H28N2O2. The van der Waals surface area contributed by atoms with Gasteiger partial charge < -0.3 is 9.32 Å². The molecule has 0 spiro atoms. The van der Waals surface area contributed by atoms with E-state index in [1.165, 1.54) is 19.3 Å². The van der Waals surface area contributed by atoms with E-state index in [9.17, 15) is 4.79 Å². The van der Waals surface area contributed by atoms with Crippen LogP contribution in [0.2, 0.25) is 0 Å². The van der Waals surface area contributed by atoms with Crippen molar-refractivity contribution in [2.75, 3.05) is 19.6 Å². The summed E-state index contributed by atoms with van der Waals surface area (Å²) in [6.45, 7) is 5.95. The zero-order valence-corrected chi connectivity index (χ0v) is 14.2. The van der Waals surface area contributed by atoms with Crippen molar-refractivity contribution >= 4 is 5.91 Å². The average Bonchev–Trinajstić information content (AvgIpc) is 3.29. The van der Waals surface area contributed by atoms with Crippen molar-refractivity contribution in [1.29, 1.82) is 0 Å². The SMILES string of the molecule is CCCc1ccc(CN2C[C@@H]3CC[C@H](C2)N(CC2CC2)C3=O)o1. The van der Waals surface area contributed by atoms with Gasteiger partial charge in [-0.25, -0.2) is 0 Å². The lowest BCUT2D eigenvalue weighted by molar-refractivity contribution is -0.140. The molecule has 2 atom stereocenters. The molecule has 5 rings (SSSR count). The van der Waals surface area contributed by atoms with Gasteiger partial charge in [0.15, 0.2) is 0 Å². The molecule has 126 valence electrons. The third-order valence-electron chi connectivity index (χ3n) is 5.61. The maximum absolute atomic E-state index is 12.7. The molecule has 4 fully saturated rings. The molecule has 1 amide bonds.